The second-order valence-electron chi connectivity index (χ2n) is 3.17. The molecule has 0 fully saturated rings. The molecule has 8 heteroatoms. The molecule has 0 saturated carbocycles. The Morgan fingerprint density at radius 2 is 0.875 bits per heavy atom. The van der Waals surface area contributed by atoms with E-state index in [9.17, 15) is 16.8 Å². The summed E-state index contributed by atoms with van der Waals surface area (Å²) in [5, 5.41) is 0. The highest BCUT2D eigenvalue weighted by Crippen LogP contribution is 1.95. The Morgan fingerprint density at radius 3 is 0.938 bits per heavy atom. The molecule has 6 nitrogen and oxygen atoms in total. The Balaban J connectivity index is -0.000000160. The molecule has 0 unspecified atom stereocenters. The SMILES string of the molecule is CCCCCC.CS(=O)(=O)O.CS(=O)(=O)O. The molecule has 0 aliphatic rings. The van der Waals surface area contributed by atoms with E-state index >= 15 is 0 Å². The first-order chi connectivity index (χ1) is 6.91. The van der Waals surface area contributed by atoms with E-state index in [4.69, 9.17) is 9.11 Å². The monoisotopic (exact) mass is 278 g/mol. The van der Waals surface area contributed by atoms with E-state index < -0.39 is 20.2 Å². The van der Waals surface area contributed by atoms with Crippen LogP contribution in [0.15, 0.2) is 0 Å². The van der Waals surface area contributed by atoms with Crippen LogP contribution in [-0.4, -0.2) is 38.5 Å². The topological polar surface area (TPSA) is 109 Å². The summed E-state index contributed by atoms with van der Waals surface area (Å²) in [4.78, 5) is 0. The van der Waals surface area contributed by atoms with Crippen LogP contribution in [0.2, 0.25) is 0 Å². The zero-order chi connectivity index (χ0) is 13.8. The molecule has 0 aliphatic heterocycles. The Labute approximate surface area is 98.6 Å². The highest BCUT2D eigenvalue weighted by molar-refractivity contribution is 7.85. The summed E-state index contributed by atoms with van der Waals surface area (Å²) in [5.74, 6) is 0. The first-order valence-electron chi connectivity index (χ1n) is 4.76. The van der Waals surface area contributed by atoms with Crippen LogP contribution in [0.5, 0.6) is 0 Å². The van der Waals surface area contributed by atoms with Gasteiger partial charge in [-0.15, -0.1) is 0 Å². The minimum atomic E-state index is -3.67. The average molecular weight is 278 g/mol. The van der Waals surface area contributed by atoms with Gasteiger partial charge in [0.15, 0.2) is 0 Å². The summed E-state index contributed by atoms with van der Waals surface area (Å²) in [6.07, 6.45) is 6.97. The van der Waals surface area contributed by atoms with Crippen molar-refractivity contribution in [3.8, 4) is 0 Å². The minimum absolute atomic E-state index is 0.715. The molecule has 0 heterocycles. The van der Waals surface area contributed by atoms with Crippen LogP contribution in [0, 0.1) is 0 Å². The molecule has 0 aromatic heterocycles. The maximum atomic E-state index is 9.19. The minimum Gasteiger partial charge on any atom is -0.286 e. The predicted molar refractivity (Wildman–Crippen MR) is 64.8 cm³/mol. The van der Waals surface area contributed by atoms with Gasteiger partial charge in [-0.2, -0.15) is 16.8 Å². The van der Waals surface area contributed by atoms with Gasteiger partial charge in [-0.05, 0) is 0 Å². The molecule has 0 aromatic carbocycles. The molecular formula is C8H22O6S2. The van der Waals surface area contributed by atoms with E-state index in [1.165, 1.54) is 25.7 Å². The van der Waals surface area contributed by atoms with Crippen LogP contribution in [0.1, 0.15) is 39.5 Å². The van der Waals surface area contributed by atoms with Crippen LogP contribution in [0.4, 0.5) is 0 Å². The molecule has 0 saturated heterocycles. The van der Waals surface area contributed by atoms with Crippen molar-refractivity contribution in [1.29, 1.82) is 0 Å². The fourth-order valence-electron chi connectivity index (χ4n) is 0.500. The van der Waals surface area contributed by atoms with E-state index in [1.807, 2.05) is 0 Å². The highest BCUT2D eigenvalue weighted by Gasteiger charge is 1.82. The lowest BCUT2D eigenvalue weighted by molar-refractivity contribution is 0.488. The van der Waals surface area contributed by atoms with E-state index in [2.05, 4.69) is 13.8 Å². The lowest BCUT2D eigenvalue weighted by atomic mass is 10.2. The van der Waals surface area contributed by atoms with Crippen LogP contribution < -0.4 is 0 Å². The molecule has 2 N–H and O–H groups in total. The third kappa shape index (κ3) is 286. The molecular weight excluding hydrogens is 256 g/mol. The molecule has 16 heavy (non-hydrogen) atoms. The van der Waals surface area contributed by atoms with Gasteiger partial charge in [0.05, 0.1) is 12.5 Å². The summed E-state index contributed by atoms with van der Waals surface area (Å²) in [6.45, 7) is 4.46. The van der Waals surface area contributed by atoms with Crippen LogP contribution in [-0.2, 0) is 20.2 Å². The maximum Gasteiger partial charge on any atom is 0.261 e. The smallest absolute Gasteiger partial charge is 0.261 e. The molecule has 0 aliphatic carbocycles. The van der Waals surface area contributed by atoms with Gasteiger partial charge in [-0.3, -0.25) is 9.11 Å². The summed E-state index contributed by atoms with van der Waals surface area (Å²) >= 11 is 0. The van der Waals surface area contributed by atoms with Gasteiger partial charge in [0.1, 0.15) is 0 Å². The van der Waals surface area contributed by atoms with E-state index in [0.29, 0.717) is 12.5 Å². The van der Waals surface area contributed by atoms with Gasteiger partial charge >= 0.3 is 0 Å². The van der Waals surface area contributed by atoms with Crippen LogP contribution >= 0.6 is 0 Å². The molecule has 0 spiro atoms. The van der Waals surface area contributed by atoms with Crippen molar-refractivity contribution >= 4 is 20.2 Å². The van der Waals surface area contributed by atoms with Crippen molar-refractivity contribution in [3.63, 3.8) is 0 Å². The zero-order valence-corrected chi connectivity index (χ0v) is 11.8. The molecule has 0 radical (unpaired) electrons. The largest absolute Gasteiger partial charge is 0.286 e. The van der Waals surface area contributed by atoms with Crippen LogP contribution in [0.25, 0.3) is 0 Å². The molecule has 0 rings (SSSR count). The van der Waals surface area contributed by atoms with Crippen molar-refractivity contribution in [2.75, 3.05) is 12.5 Å². The summed E-state index contributed by atoms with van der Waals surface area (Å²) in [5.41, 5.74) is 0. The summed E-state index contributed by atoms with van der Waals surface area (Å²) in [6, 6.07) is 0. The zero-order valence-electron chi connectivity index (χ0n) is 10.2. The van der Waals surface area contributed by atoms with Crippen molar-refractivity contribution in [2.45, 2.75) is 39.5 Å². The lowest BCUT2D eigenvalue weighted by Gasteiger charge is -1.86. The fraction of sp³-hybridized carbons (Fsp3) is 1.00. The summed E-state index contributed by atoms with van der Waals surface area (Å²) in [7, 11) is -7.33. The maximum absolute atomic E-state index is 9.19. The number of hydrogen-bond donors (Lipinski definition) is 2. The standard InChI is InChI=1S/C6H14.2CH4O3S/c1-3-5-6-4-2;2*1-5(2,3)4/h3-6H2,1-2H3;2*1H3,(H,2,3,4). The lowest BCUT2D eigenvalue weighted by Crippen LogP contribution is -1.88. The van der Waals surface area contributed by atoms with E-state index in [0.717, 1.165) is 0 Å². The normalized spacial score (nSPS) is 10.6. The highest BCUT2D eigenvalue weighted by atomic mass is 32.2. The molecule has 102 valence electrons. The third-order valence-corrected chi connectivity index (χ3v) is 0.957. The van der Waals surface area contributed by atoms with Crippen molar-refractivity contribution in [1.82, 2.24) is 0 Å². The second kappa shape index (κ2) is 11.3. The number of hydrogen-bond acceptors (Lipinski definition) is 4. The fourth-order valence-corrected chi connectivity index (χ4v) is 0.500. The molecule has 0 atom stereocenters. The van der Waals surface area contributed by atoms with Gasteiger partial charge in [0, 0.05) is 0 Å². The van der Waals surface area contributed by atoms with Gasteiger partial charge in [-0.1, -0.05) is 39.5 Å². The number of unbranched alkanes of at least 4 members (excludes halogenated alkanes) is 3. The van der Waals surface area contributed by atoms with Crippen LogP contribution in [0.3, 0.4) is 0 Å². The van der Waals surface area contributed by atoms with Crippen molar-refractivity contribution in [2.24, 2.45) is 0 Å². The quantitative estimate of drug-likeness (QED) is 0.599. The van der Waals surface area contributed by atoms with Crippen molar-refractivity contribution in [3.05, 3.63) is 0 Å². The Morgan fingerprint density at radius 1 is 0.750 bits per heavy atom. The Hall–Kier alpha value is -0.180. The van der Waals surface area contributed by atoms with Gasteiger partial charge in [0.2, 0.25) is 0 Å². The first kappa shape index (κ1) is 21.1. The average Bonchev–Trinajstić information content (AvgIpc) is 1.94. The molecule has 0 aromatic rings. The Bertz CT molecular complexity index is 266. The second-order valence-corrected chi connectivity index (χ2v) is 6.11. The number of rotatable bonds is 3. The third-order valence-electron chi connectivity index (χ3n) is 0.957. The summed E-state index contributed by atoms with van der Waals surface area (Å²) < 4.78 is 51.7. The molecule has 0 amide bonds. The van der Waals surface area contributed by atoms with E-state index in [-0.39, 0.29) is 0 Å². The predicted octanol–water partition coefficient (Wildman–Crippen LogP) is 1.59. The molecule has 0 bridgehead atoms. The van der Waals surface area contributed by atoms with Gasteiger partial charge in [0.25, 0.3) is 20.2 Å². The van der Waals surface area contributed by atoms with Gasteiger partial charge in [-0.25, -0.2) is 0 Å². The first-order valence-corrected chi connectivity index (χ1v) is 8.46. The Kier molecular flexibility index (Phi) is 14.9. The van der Waals surface area contributed by atoms with Crippen molar-refractivity contribution < 1.29 is 25.9 Å². The van der Waals surface area contributed by atoms with E-state index in [1.54, 1.807) is 0 Å². The van der Waals surface area contributed by atoms with Gasteiger partial charge < -0.3 is 0 Å².